The number of carbonyl (C=O) groups is 1. The molecular weight excluding hydrogens is 398 g/mol. The Bertz CT molecular complexity index is 1190. The minimum absolute atomic E-state index is 0.0611. The van der Waals surface area contributed by atoms with Crippen molar-refractivity contribution in [3.63, 3.8) is 0 Å². The van der Waals surface area contributed by atoms with Crippen LogP contribution in [0, 0.1) is 0 Å². The van der Waals surface area contributed by atoms with E-state index >= 15 is 0 Å². The van der Waals surface area contributed by atoms with E-state index in [2.05, 4.69) is 32.5 Å². The molecule has 152 valence electrons. The second-order valence-corrected chi connectivity index (χ2v) is 8.37. The third-order valence-corrected chi connectivity index (χ3v) is 6.05. The molecule has 0 aromatic carbocycles. The first kappa shape index (κ1) is 18.9. The van der Waals surface area contributed by atoms with Gasteiger partial charge in [0.25, 0.3) is 5.91 Å². The minimum Gasteiger partial charge on any atom is -0.379 e. The van der Waals surface area contributed by atoms with Crippen LogP contribution >= 0.6 is 11.3 Å². The summed E-state index contributed by atoms with van der Waals surface area (Å²) in [6, 6.07) is 8.10. The van der Waals surface area contributed by atoms with Gasteiger partial charge in [-0.1, -0.05) is 6.07 Å². The van der Waals surface area contributed by atoms with E-state index < -0.39 is 0 Å². The number of carbonyl (C=O) groups excluding carboxylic acids is 1. The predicted octanol–water partition coefficient (Wildman–Crippen LogP) is 3.20. The Morgan fingerprint density at radius 1 is 1.33 bits per heavy atom. The molecule has 0 unspecified atom stereocenters. The van der Waals surface area contributed by atoms with Gasteiger partial charge >= 0.3 is 0 Å². The van der Waals surface area contributed by atoms with E-state index in [1.807, 2.05) is 37.0 Å². The average Bonchev–Trinajstić information content (AvgIpc) is 3.50. The molecule has 1 aliphatic rings. The van der Waals surface area contributed by atoms with Crippen molar-refractivity contribution in [3.8, 4) is 11.3 Å². The molecular formula is C22H21N5O2S. The Morgan fingerprint density at radius 3 is 3.00 bits per heavy atom. The predicted molar refractivity (Wildman–Crippen MR) is 116 cm³/mol. The Labute approximate surface area is 177 Å². The smallest absolute Gasteiger partial charge is 0.270 e. The summed E-state index contributed by atoms with van der Waals surface area (Å²) >= 11 is 1.55. The SMILES string of the molecule is Cn1cc(-c2ccc(Cc3cc(C(=O)N[C@H]4CCOC4)nc4sccc34)cn2)cn1. The summed E-state index contributed by atoms with van der Waals surface area (Å²) in [6.07, 6.45) is 7.16. The zero-order valence-corrected chi connectivity index (χ0v) is 17.4. The molecule has 0 radical (unpaired) electrons. The highest BCUT2D eigenvalue weighted by Gasteiger charge is 2.20. The second kappa shape index (κ2) is 7.97. The van der Waals surface area contributed by atoms with E-state index in [0.29, 0.717) is 25.3 Å². The van der Waals surface area contributed by atoms with E-state index in [1.165, 1.54) is 0 Å². The topological polar surface area (TPSA) is 81.9 Å². The molecule has 1 aliphatic heterocycles. The molecule has 1 saturated heterocycles. The number of ether oxygens (including phenoxy) is 1. The fraction of sp³-hybridized carbons (Fsp3) is 0.273. The summed E-state index contributed by atoms with van der Waals surface area (Å²) in [4.78, 5) is 22.8. The van der Waals surface area contributed by atoms with Gasteiger partial charge in [0, 0.05) is 37.0 Å². The van der Waals surface area contributed by atoms with Crippen LogP contribution in [0.3, 0.4) is 0 Å². The fourth-order valence-corrected chi connectivity index (χ4v) is 4.47. The van der Waals surface area contributed by atoms with Crippen molar-refractivity contribution >= 4 is 27.5 Å². The van der Waals surface area contributed by atoms with Gasteiger partial charge in [0.15, 0.2) is 0 Å². The van der Waals surface area contributed by atoms with Gasteiger partial charge in [0.2, 0.25) is 0 Å². The molecule has 5 rings (SSSR count). The van der Waals surface area contributed by atoms with Crippen LogP contribution in [0.2, 0.25) is 0 Å². The quantitative estimate of drug-likeness (QED) is 0.537. The highest BCUT2D eigenvalue weighted by Crippen LogP contribution is 2.26. The summed E-state index contributed by atoms with van der Waals surface area (Å²) in [7, 11) is 1.89. The monoisotopic (exact) mass is 419 g/mol. The molecule has 1 atom stereocenters. The Balaban J connectivity index is 1.40. The van der Waals surface area contributed by atoms with Gasteiger partial charge in [-0.25, -0.2) is 4.98 Å². The van der Waals surface area contributed by atoms with Crippen LogP contribution in [0.1, 0.15) is 28.0 Å². The van der Waals surface area contributed by atoms with Crippen molar-refractivity contribution < 1.29 is 9.53 Å². The lowest BCUT2D eigenvalue weighted by Crippen LogP contribution is -2.35. The number of aromatic nitrogens is 4. The van der Waals surface area contributed by atoms with Gasteiger partial charge < -0.3 is 10.1 Å². The third-order valence-electron chi connectivity index (χ3n) is 5.24. The van der Waals surface area contributed by atoms with Gasteiger partial charge in [0.05, 0.1) is 24.5 Å². The molecule has 4 aromatic heterocycles. The Hall–Kier alpha value is -3.10. The van der Waals surface area contributed by atoms with Crippen LogP contribution in [-0.4, -0.2) is 44.9 Å². The maximum absolute atomic E-state index is 12.7. The fourth-order valence-electron chi connectivity index (χ4n) is 3.66. The number of hydrogen-bond donors (Lipinski definition) is 1. The van der Waals surface area contributed by atoms with Crippen molar-refractivity contribution in [2.45, 2.75) is 18.9 Å². The molecule has 0 bridgehead atoms. The normalized spacial score (nSPS) is 16.2. The van der Waals surface area contributed by atoms with E-state index in [1.54, 1.807) is 22.2 Å². The molecule has 8 heteroatoms. The van der Waals surface area contributed by atoms with Gasteiger partial charge in [-0.3, -0.25) is 14.5 Å². The lowest BCUT2D eigenvalue weighted by molar-refractivity contribution is 0.0925. The molecule has 1 amide bonds. The number of nitrogens with zero attached hydrogens (tertiary/aromatic N) is 4. The molecule has 30 heavy (non-hydrogen) atoms. The van der Waals surface area contributed by atoms with E-state index in [4.69, 9.17) is 4.74 Å². The maximum atomic E-state index is 12.7. The minimum atomic E-state index is -0.146. The highest BCUT2D eigenvalue weighted by atomic mass is 32.1. The molecule has 0 aliphatic carbocycles. The van der Waals surface area contributed by atoms with E-state index in [0.717, 1.165) is 39.0 Å². The van der Waals surface area contributed by atoms with Crippen LogP contribution in [-0.2, 0) is 18.2 Å². The largest absolute Gasteiger partial charge is 0.379 e. The summed E-state index contributed by atoms with van der Waals surface area (Å²) in [5, 5.41) is 10.3. The highest BCUT2D eigenvalue weighted by molar-refractivity contribution is 7.16. The first-order valence-electron chi connectivity index (χ1n) is 9.85. The van der Waals surface area contributed by atoms with Gasteiger partial charge in [-0.05, 0) is 47.5 Å². The van der Waals surface area contributed by atoms with Crippen LogP contribution in [0.15, 0.2) is 48.2 Å². The van der Waals surface area contributed by atoms with Gasteiger partial charge in [-0.15, -0.1) is 11.3 Å². The summed E-state index contributed by atoms with van der Waals surface area (Å²) in [5.41, 5.74) is 4.48. The Kier molecular flexibility index (Phi) is 5.02. The maximum Gasteiger partial charge on any atom is 0.270 e. The molecule has 1 N–H and O–H groups in total. The summed E-state index contributed by atoms with van der Waals surface area (Å²) in [5.74, 6) is -0.146. The average molecular weight is 420 g/mol. The molecule has 4 aromatic rings. The number of fused-ring (bicyclic) bond motifs is 1. The molecule has 0 spiro atoms. The van der Waals surface area contributed by atoms with Crippen molar-refractivity contribution in [2.75, 3.05) is 13.2 Å². The number of thiophene rings is 1. The van der Waals surface area contributed by atoms with Crippen molar-refractivity contribution in [1.82, 2.24) is 25.1 Å². The first-order chi connectivity index (χ1) is 14.7. The molecule has 0 saturated carbocycles. The first-order valence-corrected chi connectivity index (χ1v) is 10.7. The molecule has 5 heterocycles. The standard InChI is InChI=1S/C22H21N5O2S/c1-27-12-16(11-24-27)19-3-2-14(10-23-19)8-15-9-20(26-22-18(15)5-7-30-22)21(28)25-17-4-6-29-13-17/h2-3,5,7,9-12,17H,4,6,8,13H2,1H3,(H,25,28)/t17-/m0/s1. The number of aryl methyl sites for hydroxylation is 1. The van der Waals surface area contributed by atoms with Crippen molar-refractivity contribution in [2.24, 2.45) is 7.05 Å². The number of rotatable bonds is 5. The lowest BCUT2D eigenvalue weighted by Gasteiger charge is -2.12. The summed E-state index contributed by atoms with van der Waals surface area (Å²) < 4.78 is 7.12. The third kappa shape index (κ3) is 3.83. The van der Waals surface area contributed by atoms with E-state index in [-0.39, 0.29) is 11.9 Å². The van der Waals surface area contributed by atoms with Crippen LogP contribution in [0.5, 0.6) is 0 Å². The molecule has 1 fully saturated rings. The second-order valence-electron chi connectivity index (χ2n) is 7.47. The Morgan fingerprint density at radius 2 is 2.27 bits per heavy atom. The van der Waals surface area contributed by atoms with Crippen molar-refractivity contribution in [3.05, 3.63) is 65.1 Å². The number of amides is 1. The zero-order chi connectivity index (χ0) is 20.5. The zero-order valence-electron chi connectivity index (χ0n) is 16.5. The number of nitrogens with one attached hydrogen (secondary N) is 1. The van der Waals surface area contributed by atoms with Crippen LogP contribution < -0.4 is 5.32 Å². The van der Waals surface area contributed by atoms with Crippen LogP contribution in [0.25, 0.3) is 21.5 Å². The number of hydrogen-bond acceptors (Lipinski definition) is 6. The number of pyridine rings is 2. The lowest BCUT2D eigenvalue weighted by atomic mass is 10.0. The van der Waals surface area contributed by atoms with Gasteiger partial charge in [0.1, 0.15) is 10.5 Å². The van der Waals surface area contributed by atoms with Crippen molar-refractivity contribution in [1.29, 1.82) is 0 Å². The van der Waals surface area contributed by atoms with Gasteiger partial charge in [-0.2, -0.15) is 5.10 Å². The van der Waals surface area contributed by atoms with Crippen LogP contribution in [0.4, 0.5) is 0 Å². The van der Waals surface area contributed by atoms with E-state index in [9.17, 15) is 4.79 Å². The summed E-state index contributed by atoms with van der Waals surface area (Å²) in [6.45, 7) is 1.25. The molecule has 7 nitrogen and oxygen atoms in total.